The fraction of sp³-hybridized carbons (Fsp3) is 0.750. The molecule has 0 spiro atoms. The summed E-state index contributed by atoms with van der Waals surface area (Å²) in [6.45, 7) is 7.36. The molecule has 0 amide bonds. The van der Waals surface area contributed by atoms with E-state index in [9.17, 15) is 10.4 Å². The van der Waals surface area contributed by atoms with Crippen LogP contribution in [-0.4, -0.2) is 22.6 Å². The Hall–Kier alpha value is -0.380. The summed E-state index contributed by atoms with van der Waals surface area (Å²) in [5.41, 5.74) is 0. The van der Waals surface area contributed by atoms with E-state index in [0.717, 1.165) is 12.8 Å². The molecular formula is C8H17NO2. The van der Waals surface area contributed by atoms with Crippen LogP contribution in [0.2, 0.25) is 0 Å². The van der Waals surface area contributed by atoms with E-state index in [2.05, 4.69) is 6.58 Å². The lowest BCUT2D eigenvalue weighted by Crippen LogP contribution is -2.45. The zero-order valence-corrected chi connectivity index (χ0v) is 7.29. The number of nitrogens with zero attached hydrogens (tertiary/aromatic N) is 1. The first-order valence-corrected chi connectivity index (χ1v) is 3.98. The van der Waals surface area contributed by atoms with E-state index in [4.69, 9.17) is 0 Å². The molecule has 3 nitrogen and oxygen atoms in total. The summed E-state index contributed by atoms with van der Waals surface area (Å²) in [4.78, 5) is -1.18. The van der Waals surface area contributed by atoms with E-state index in [1.54, 1.807) is 6.92 Å². The van der Waals surface area contributed by atoms with Crippen molar-refractivity contribution in [3.63, 3.8) is 0 Å². The lowest BCUT2D eigenvalue weighted by atomic mass is 10.3. The van der Waals surface area contributed by atoms with Gasteiger partial charge in [-0.2, -0.15) is 0 Å². The van der Waals surface area contributed by atoms with Gasteiger partial charge >= 0.3 is 0 Å². The average molecular weight is 159 g/mol. The highest BCUT2D eigenvalue weighted by atomic mass is 16.8. The molecular weight excluding hydrogens is 142 g/mol. The molecule has 0 radical (unpaired) electrons. The van der Waals surface area contributed by atoms with Crippen molar-refractivity contribution in [2.24, 2.45) is 0 Å². The minimum Gasteiger partial charge on any atom is -0.598 e. The number of rotatable bonds is 5. The molecule has 0 bridgehead atoms. The van der Waals surface area contributed by atoms with Gasteiger partial charge in [0.1, 0.15) is 12.6 Å². The Kier molecular flexibility index (Phi) is 4.33. The molecule has 3 heteroatoms. The summed E-state index contributed by atoms with van der Waals surface area (Å²) in [5.74, 6) is 0. The fourth-order valence-electron chi connectivity index (χ4n) is 0.753. The summed E-state index contributed by atoms with van der Waals surface area (Å²) in [6, 6.07) is -0.429. The van der Waals surface area contributed by atoms with Crippen LogP contribution in [0.3, 0.4) is 0 Å². The van der Waals surface area contributed by atoms with E-state index < -0.39 is 10.9 Å². The molecule has 0 aliphatic carbocycles. The lowest BCUT2D eigenvalue weighted by molar-refractivity contribution is -1.08. The smallest absolute Gasteiger partial charge is 0.134 e. The zero-order chi connectivity index (χ0) is 8.91. The summed E-state index contributed by atoms with van der Waals surface area (Å²) >= 11 is 0. The molecule has 0 saturated carbocycles. The van der Waals surface area contributed by atoms with Crippen molar-refractivity contribution in [3.8, 4) is 0 Å². The summed E-state index contributed by atoms with van der Waals surface area (Å²) in [7, 11) is 0. The second-order valence-electron chi connectivity index (χ2n) is 2.81. The van der Waals surface area contributed by atoms with E-state index in [1.807, 2.05) is 6.92 Å². The third-order valence-electron chi connectivity index (χ3n) is 1.81. The minimum atomic E-state index is -1.18. The molecule has 66 valence electrons. The van der Waals surface area contributed by atoms with Crippen LogP contribution in [0.5, 0.6) is 0 Å². The topological polar surface area (TPSA) is 43.3 Å². The SMILES string of the molecule is C=CC(C)[N+]([O-])(O)CCCC. The van der Waals surface area contributed by atoms with Gasteiger partial charge in [-0.1, -0.05) is 19.9 Å². The molecule has 2 unspecified atom stereocenters. The van der Waals surface area contributed by atoms with Gasteiger partial charge < -0.3 is 5.21 Å². The van der Waals surface area contributed by atoms with Gasteiger partial charge in [0, 0.05) is 0 Å². The molecule has 0 aromatic heterocycles. The first-order chi connectivity index (χ1) is 5.04. The van der Waals surface area contributed by atoms with Crippen LogP contribution < -0.4 is 0 Å². The Labute approximate surface area is 68.1 Å². The predicted molar refractivity (Wildman–Crippen MR) is 44.8 cm³/mol. The maximum atomic E-state index is 11.2. The van der Waals surface area contributed by atoms with Crippen LogP contribution in [0.4, 0.5) is 0 Å². The monoisotopic (exact) mass is 159 g/mol. The van der Waals surface area contributed by atoms with Crippen LogP contribution >= 0.6 is 0 Å². The quantitative estimate of drug-likeness (QED) is 0.379. The number of quaternary nitrogens is 1. The van der Waals surface area contributed by atoms with Gasteiger partial charge in [0.15, 0.2) is 0 Å². The minimum absolute atomic E-state index is 0.254. The van der Waals surface area contributed by atoms with E-state index in [-0.39, 0.29) is 6.54 Å². The Balaban J connectivity index is 3.87. The van der Waals surface area contributed by atoms with Crippen molar-refractivity contribution in [3.05, 3.63) is 17.9 Å². The molecule has 0 aliphatic rings. The molecule has 0 saturated heterocycles. The molecule has 0 fully saturated rings. The Bertz CT molecular complexity index is 123. The van der Waals surface area contributed by atoms with Crippen LogP contribution in [0.15, 0.2) is 12.7 Å². The number of unbranched alkanes of at least 4 members (excludes halogenated alkanes) is 1. The third-order valence-corrected chi connectivity index (χ3v) is 1.81. The van der Waals surface area contributed by atoms with Gasteiger partial charge in [-0.15, -0.1) is 0 Å². The van der Waals surface area contributed by atoms with Crippen molar-refractivity contribution in [2.75, 3.05) is 6.54 Å². The van der Waals surface area contributed by atoms with E-state index >= 15 is 0 Å². The summed E-state index contributed by atoms with van der Waals surface area (Å²) in [5, 5.41) is 20.4. The van der Waals surface area contributed by atoms with Gasteiger partial charge in [-0.05, 0) is 19.4 Å². The van der Waals surface area contributed by atoms with E-state index in [1.165, 1.54) is 6.08 Å². The fourth-order valence-corrected chi connectivity index (χ4v) is 0.753. The molecule has 0 aliphatic heterocycles. The number of hydrogen-bond donors (Lipinski definition) is 1. The number of hydrogen-bond acceptors (Lipinski definition) is 2. The lowest BCUT2D eigenvalue weighted by Gasteiger charge is -2.37. The van der Waals surface area contributed by atoms with Crippen LogP contribution in [0.25, 0.3) is 0 Å². The third kappa shape index (κ3) is 3.51. The van der Waals surface area contributed by atoms with Crippen molar-refractivity contribution in [2.45, 2.75) is 32.7 Å². The highest BCUT2D eigenvalue weighted by Crippen LogP contribution is 2.09. The maximum Gasteiger partial charge on any atom is 0.134 e. The van der Waals surface area contributed by atoms with Gasteiger partial charge in [0.25, 0.3) is 0 Å². The predicted octanol–water partition coefficient (Wildman–Crippen LogP) is 2.06. The van der Waals surface area contributed by atoms with E-state index in [0.29, 0.717) is 0 Å². The Morgan fingerprint density at radius 2 is 2.27 bits per heavy atom. The molecule has 0 rings (SSSR count). The first kappa shape index (κ1) is 10.6. The maximum absolute atomic E-state index is 11.2. The number of hydroxylamine groups is 4. The van der Waals surface area contributed by atoms with Gasteiger partial charge in [0.2, 0.25) is 0 Å². The molecule has 0 heterocycles. The molecule has 1 N–H and O–H groups in total. The second-order valence-corrected chi connectivity index (χ2v) is 2.81. The first-order valence-electron chi connectivity index (χ1n) is 3.98. The van der Waals surface area contributed by atoms with Gasteiger partial charge in [-0.25, -0.2) is 10.0 Å². The molecule has 0 aromatic carbocycles. The van der Waals surface area contributed by atoms with Crippen molar-refractivity contribution in [1.29, 1.82) is 0 Å². The normalized spacial score (nSPS) is 18.9. The summed E-state index contributed by atoms with van der Waals surface area (Å²) in [6.07, 6.45) is 3.15. The molecule has 0 aromatic rings. The van der Waals surface area contributed by atoms with Crippen molar-refractivity contribution in [1.82, 2.24) is 0 Å². The van der Waals surface area contributed by atoms with Crippen molar-refractivity contribution < 1.29 is 10.0 Å². The van der Waals surface area contributed by atoms with Crippen molar-refractivity contribution >= 4 is 0 Å². The summed E-state index contributed by atoms with van der Waals surface area (Å²) < 4.78 is 0. The van der Waals surface area contributed by atoms with Gasteiger partial charge in [-0.3, -0.25) is 0 Å². The van der Waals surface area contributed by atoms with Crippen LogP contribution in [0, 0.1) is 5.21 Å². The van der Waals surface area contributed by atoms with Crippen LogP contribution in [0.1, 0.15) is 26.7 Å². The molecule has 11 heavy (non-hydrogen) atoms. The highest BCUT2D eigenvalue weighted by Gasteiger charge is 2.18. The Morgan fingerprint density at radius 3 is 2.64 bits per heavy atom. The van der Waals surface area contributed by atoms with Crippen LogP contribution in [-0.2, 0) is 0 Å². The van der Waals surface area contributed by atoms with Gasteiger partial charge in [0.05, 0.1) is 0 Å². The Morgan fingerprint density at radius 1 is 1.73 bits per heavy atom. The molecule has 2 atom stereocenters. The standard InChI is InChI=1S/C8H17NO2/c1-4-6-7-9(10,11)8(3)5-2/h5,8,10H,2,4,6-7H2,1,3H3. The zero-order valence-electron chi connectivity index (χ0n) is 7.29. The second kappa shape index (κ2) is 4.49. The average Bonchev–Trinajstić information content (AvgIpc) is 1.99. The highest BCUT2D eigenvalue weighted by molar-refractivity contribution is 4.75. The largest absolute Gasteiger partial charge is 0.598 e.